The zero-order valence-electron chi connectivity index (χ0n) is 11.1. The van der Waals surface area contributed by atoms with Gasteiger partial charge in [0.15, 0.2) is 0 Å². The van der Waals surface area contributed by atoms with E-state index in [-0.39, 0.29) is 11.9 Å². The molecule has 0 bridgehead atoms. The molecule has 19 heavy (non-hydrogen) atoms. The molecule has 0 radical (unpaired) electrons. The van der Waals surface area contributed by atoms with Gasteiger partial charge in [-0.2, -0.15) is 0 Å². The Balaban J connectivity index is 1.74. The highest BCUT2D eigenvalue weighted by atomic mass is 16.2. The van der Waals surface area contributed by atoms with Crippen molar-refractivity contribution in [2.45, 2.75) is 18.9 Å². The molecule has 2 aliphatic heterocycles. The fourth-order valence-corrected chi connectivity index (χ4v) is 2.96. The van der Waals surface area contributed by atoms with E-state index in [9.17, 15) is 4.79 Å². The number of nitrogens with zero attached hydrogens (tertiary/aromatic N) is 3. The van der Waals surface area contributed by atoms with E-state index in [4.69, 9.17) is 0 Å². The zero-order chi connectivity index (χ0) is 13.1. The van der Waals surface area contributed by atoms with Gasteiger partial charge in [0.1, 0.15) is 6.04 Å². The summed E-state index contributed by atoms with van der Waals surface area (Å²) in [6.45, 7) is 4.45. The molecule has 1 amide bonds. The molecule has 0 aromatic carbocycles. The number of aromatic nitrogens is 1. The number of hydrogen-bond acceptors (Lipinski definition) is 4. The topological polar surface area (TPSA) is 48.5 Å². The van der Waals surface area contributed by atoms with Gasteiger partial charge in [0.25, 0.3) is 0 Å². The molecule has 5 heteroatoms. The predicted octanol–water partition coefficient (Wildman–Crippen LogP) is 0.482. The van der Waals surface area contributed by atoms with E-state index in [1.165, 1.54) is 0 Å². The predicted molar refractivity (Wildman–Crippen MR) is 74.1 cm³/mol. The van der Waals surface area contributed by atoms with E-state index < -0.39 is 0 Å². The minimum Gasteiger partial charge on any atom is -0.359 e. The molecule has 2 saturated heterocycles. The summed E-state index contributed by atoms with van der Waals surface area (Å²) in [4.78, 5) is 20.9. The van der Waals surface area contributed by atoms with Gasteiger partial charge in [-0.1, -0.05) is 0 Å². The number of piperazine rings is 1. The second kappa shape index (κ2) is 5.57. The first-order valence-electron chi connectivity index (χ1n) is 7.02. The summed E-state index contributed by atoms with van der Waals surface area (Å²) < 4.78 is 0. The Morgan fingerprint density at radius 3 is 2.68 bits per heavy atom. The van der Waals surface area contributed by atoms with Crippen LogP contribution in [0.1, 0.15) is 12.8 Å². The molecular weight excluding hydrogens is 240 g/mol. The smallest absolute Gasteiger partial charge is 0.245 e. The third-order valence-electron chi connectivity index (χ3n) is 3.96. The van der Waals surface area contributed by atoms with E-state index in [1.807, 2.05) is 17.0 Å². The summed E-state index contributed by atoms with van der Waals surface area (Å²) >= 11 is 0. The van der Waals surface area contributed by atoms with Gasteiger partial charge >= 0.3 is 0 Å². The van der Waals surface area contributed by atoms with E-state index in [0.717, 1.165) is 51.3 Å². The quantitative estimate of drug-likeness (QED) is 0.840. The number of nitrogens with one attached hydrogen (secondary N) is 1. The van der Waals surface area contributed by atoms with Crippen LogP contribution in [0.15, 0.2) is 24.5 Å². The first-order valence-corrected chi connectivity index (χ1v) is 7.02. The van der Waals surface area contributed by atoms with Crippen LogP contribution in [-0.2, 0) is 4.79 Å². The average molecular weight is 260 g/mol. The first kappa shape index (κ1) is 12.4. The minimum absolute atomic E-state index is 0.0144. The van der Waals surface area contributed by atoms with E-state index >= 15 is 0 Å². The summed E-state index contributed by atoms with van der Waals surface area (Å²) in [5.41, 5.74) is 1.11. The summed E-state index contributed by atoms with van der Waals surface area (Å²) in [5.74, 6) is 0.288. The fraction of sp³-hybridized carbons (Fsp3) is 0.571. The molecule has 0 saturated carbocycles. The Bertz CT molecular complexity index is 430. The van der Waals surface area contributed by atoms with Gasteiger partial charge in [0, 0.05) is 50.8 Å². The molecule has 0 aliphatic carbocycles. The number of rotatable bonds is 2. The first-order chi connectivity index (χ1) is 9.36. The van der Waals surface area contributed by atoms with Crippen LogP contribution in [0.4, 0.5) is 5.69 Å². The molecule has 3 heterocycles. The van der Waals surface area contributed by atoms with Crippen molar-refractivity contribution in [2.75, 3.05) is 37.6 Å². The van der Waals surface area contributed by atoms with E-state index in [2.05, 4.69) is 15.2 Å². The maximum Gasteiger partial charge on any atom is 0.245 e. The lowest BCUT2D eigenvalue weighted by atomic mass is 10.1. The highest BCUT2D eigenvalue weighted by molar-refractivity contribution is 5.86. The van der Waals surface area contributed by atoms with Crippen molar-refractivity contribution >= 4 is 11.6 Å². The van der Waals surface area contributed by atoms with Crippen LogP contribution in [0.2, 0.25) is 0 Å². The molecule has 5 nitrogen and oxygen atoms in total. The lowest BCUT2D eigenvalue weighted by molar-refractivity contribution is -0.132. The van der Waals surface area contributed by atoms with Crippen molar-refractivity contribution in [2.24, 2.45) is 0 Å². The van der Waals surface area contributed by atoms with Gasteiger partial charge in [-0.05, 0) is 25.0 Å². The van der Waals surface area contributed by atoms with Crippen molar-refractivity contribution < 1.29 is 4.79 Å². The van der Waals surface area contributed by atoms with Crippen LogP contribution in [0, 0.1) is 0 Å². The number of hydrogen-bond donors (Lipinski definition) is 1. The van der Waals surface area contributed by atoms with Crippen molar-refractivity contribution in [1.29, 1.82) is 0 Å². The van der Waals surface area contributed by atoms with Crippen LogP contribution in [-0.4, -0.2) is 54.6 Å². The van der Waals surface area contributed by atoms with Crippen LogP contribution in [0.25, 0.3) is 0 Å². The van der Waals surface area contributed by atoms with Crippen LogP contribution in [0.3, 0.4) is 0 Å². The van der Waals surface area contributed by atoms with Gasteiger partial charge in [0.2, 0.25) is 5.91 Å². The standard InChI is InChI=1S/C14H20N4O/c19-14(17-10-7-16-8-11-17)13-2-1-9-18(13)12-3-5-15-6-4-12/h3-6,13,16H,1-2,7-11H2. The van der Waals surface area contributed by atoms with Crippen LogP contribution < -0.4 is 10.2 Å². The zero-order valence-corrected chi connectivity index (χ0v) is 11.1. The Hall–Kier alpha value is -1.62. The number of anilines is 1. The largest absolute Gasteiger partial charge is 0.359 e. The molecule has 2 aliphatic rings. The van der Waals surface area contributed by atoms with Gasteiger partial charge in [0.05, 0.1) is 0 Å². The van der Waals surface area contributed by atoms with E-state index in [0.29, 0.717) is 0 Å². The van der Waals surface area contributed by atoms with Gasteiger partial charge in [-0.15, -0.1) is 0 Å². The molecule has 0 spiro atoms. The molecule has 102 valence electrons. The second-order valence-corrected chi connectivity index (χ2v) is 5.13. The van der Waals surface area contributed by atoms with Crippen molar-refractivity contribution in [3.8, 4) is 0 Å². The summed E-state index contributed by atoms with van der Waals surface area (Å²) in [6.07, 6.45) is 5.63. The van der Waals surface area contributed by atoms with Crippen molar-refractivity contribution in [1.82, 2.24) is 15.2 Å². The third-order valence-corrected chi connectivity index (χ3v) is 3.96. The molecule has 1 unspecified atom stereocenters. The van der Waals surface area contributed by atoms with Crippen LogP contribution >= 0.6 is 0 Å². The lowest BCUT2D eigenvalue weighted by Crippen LogP contribution is -2.52. The van der Waals surface area contributed by atoms with Crippen LogP contribution in [0.5, 0.6) is 0 Å². The second-order valence-electron chi connectivity index (χ2n) is 5.13. The lowest BCUT2D eigenvalue weighted by Gasteiger charge is -2.33. The fourth-order valence-electron chi connectivity index (χ4n) is 2.96. The minimum atomic E-state index is 0.0144. The highest BCUT2D eigenvalue weighted by Crippen LogP contribution is 2.26. The number of carbonyl (C=O) groups excluding carboxylic acids is 1. The summed E-state index contributed by atoms with van der Waals surface area (Å²) in [7, 11) is 0. The molecule has 3 rings (SSSR count). The average Bonchev–Trinajstić information content (AvgIpc) is 2.98. The Labute approximate surface area is 113 Å². The molecule has 1 N–H and O–H groups in total. The van der Waals surface area contributed by atoms with Gasteiger partial charge in [-0.25, -0.2) is 0 Å². The van der Waals surface area contributed by atoms with E-state index in [1.54, 1.807) is 12.4 Å². The molecule has 2 fully saturated rings. The van der Waals surface area contributed by atoms with Gasteiger partial charge < -0.3 is 15.1 Å². The third kappa shape index (κ3) is 2.56. The molecule has 1 aromatic rings. The summed E-state index contributed by atoms with van der Waals surface area (Å²) in [5, 5.41) is 3.29. The highest BCUT2D eigenvalue weighted by Gasteiger charge is 2.34. The monoisotopic (exact) mass is 260 g/mol. The normalized spacial score (nSPS) is 23.7. The SMILES string of the molecule is O=C(C1CCCN1c1ccncc1)N1CCNCC1. The number of pyridine rings is 1. The van der Waals surface area contributed by atoms with Crippen molar-refractivity contribution in [3.05, 3.63) is 24.5 Å². The Kier molecular flexibility index (Phi) is 3.64. The molecular formula is C14H20N4O. The molecule has 1 atom stereocenters. The van der Waals surface area contributed by atoms with Crippen molar-refractivity contribution in [3.63, 3.8) is 0 Å². The van der Waals surface area contributed by atoms with Gasteiger partial charge in [-0.3, -0.25) is 9.78 Å². The Morgan fingerprint density at radius 1 is 1.21 bits per heavy atom. The summed E-state index contributed by atoms with van der Waals surface area (Å²) in [6, 6.07) is 3.99. The Morgan fingerprint density at radius 2 is 1.95 bits per heavy atom. The number of amides is 1. The maximum absolute atomic E-state index is 12.6. The number of carbonyl (C=O) groups is 1. The molecule has 1 aromatic heterocycles. The maximum atomic E-state index is 12.6.